The van der Waals surface area contributed by atoms with Crippen molar-refractivity contribution in [3.63, 3.8) is 0 Å². The molecule has 16 heavy (non-hydrogen) atoms. The van der Waals surface area contributed by atoms with Gasteiger partial charge in [0.2, 0.25) is 0 Å². The zero-order valence-corrected chi connectivity index (χ0v) is 11.8. The number of hydrogen-bond acceptors (Lipinski definition) is 2. The average Bonchev–Trinajstić information content (AvgIpc) is 2.28. The quantitative estimate of drug-likeness (QED) is 0.795. The Labute approximate surface area is 107 Å². The summed E-state index contributed by atoms with van der Waals surface area (Å²) in [5.41, 5.74) is 1.34. The monoisotopic (exact) mass is 285 g/mol. The van der Waals surface area contributed by atoms with Crippen LogP contribution < -0.4 is 0 Å². The molecule has 1 rings (SSSR count). The van der Waals surface area contributed by atoms with Crippen molar-refractivity contribution in [3.8, 4) is 0 Å². The van der Waals surface area contributed by atoms with Crippen molar-refractivity contribution >= 4 is 15.9 Å². The largest absolute Gasteiger partial charge is 0.383 e. The van der Waals surface area contributed by atoms with E-state index in [9.17, 15) is 0 Å². The smallest absolute Gasteiger partial charge is 0.0615 e. The van der Waals surface area contributed by atoms with Gasteiger partial charge in [0.05, 0.1) is 6.61 Å². The Morgan fingerprint density at radius 2 is 1.94 bits per heavy atom. The van der Waals surface area contributed by atoms with Crippen molar-refractivity contribution in [1.82, 2.24) is 4.90 Å². The summed E-state index contributed by atoms with van der Waals surface area (Å²) in [6.45, 7) is 7.19. The Morgan fingerprint density at radius 3 is 2.44 bits per heavy atom. The van der Waals surface area contributed by atoms with Gasteiger partial charge in [-0.3, -0.25) is 4.90 Å². The molecular weight excluding hydrogens is 266 g/mol. The minimum Gasteiger partial charge on any atom is -0.383 e. The van der Waals surface area contributed by atoms with E-state index in [1.54, 1.807) is 7.11 Å². The molecule has 0 saturated carbocycles. The molecular formula is C13H20BrNO. The van der Waals surface area contributed by atoms with Crippen molar-refractivity contribution in [2.45, 2.75) is 26.4 Å². The van der Waals surface area contributed by atoms with Crippen LogP contribution in [0.2, 0.25) is 0 Å². The van der Waals surface area contributed by atoms with E-state index in [1.807, 2.05) is 0 Å². The molecule has 0 heterocycles. The molecule has 0 radical (unpaired) electrons. The zero-order valence-electron chi connectivity index (χ0n) is 10.2. The van der Waals surface area contributed by atoms with E-state index in [1.165, 1.54) is 5.56 Å². The van der Waals surface area contributed by atoms with E-state index in [0.717, 1.165) is 24.2 Å². The molecule has 90 valence electrons. The Kier molecular flexibility index (Phi) is 6.03. The number of ether oxygens (including phenoxy) is 1. The highest BCUT2D eigenvalue weighted by Crippen LogP contribution is 2.13. The molecule has 0 fully saturated rings. The lowest BCUT2D eigenvalue weighted by atomic mass is 10.2. The lowest BCUT2D eigenvalue weighted by molar-refractivity contribution is 0.0982. The standard InChI is InChI=1S/C13H20BrNO/c1-4-15(11(2)10-16-3)9-12-5-7-13(14)8-6-12/h5-8,11H,4,9-10H2,1-3H3. The first-order chi connectivity index (χ1) is 7.67. The predicted molar refractivity (Wildman–Crippen MR) is 71.6 cm³/mol. The van der Waals surface area contributed by atoms with E-state index in [2.05, 4.69) is 58.9 Å². The maximum Gasteiger partial charge on any atom is 0.0615 e. The van der Waals surface area contributed by atoms with Gasteiger partial charge < -0.3 is 4.74 Å². The summed E-state index contributed by atoms with van der Waals surface area (Å²) < 4.78 is 6.32. The van der Waals surface area contributed by atoms with Crippen molar-refractivity contribution in [2.75, 3.05) is 20.3 Å². The van der Waals surface area contributed by atoms with Crippen LogP contribution in [0.15, 0.2) is 28.7 Å². The molecule has 1 atom stereocenters. The number of nitrogens with zero attached hydrogens (tertiary/aromatic N) is 1. The molecule has 0 N–H and O–H groups in total. The SMILES string of the molecule is CCN(Cc1ccc(Br)cc1)C(C)COC. The number of methoxy groups -OCH3 is 1. The molecule has 0 amide bonds. The van der Waals surface area contributed by atoms with Gasteiger partial charge in [-0.1, -0.05) is 35.0 Å². The lowest BCUT2D eigenvalue weighted by Gasteiger charge is -2.27. The fraction of sp³-hybridized carbons (Fsp3) is 0.538. The molecule has 1 unspecified atom stereocenters. The second-order valence-electron chi connectivity index (χ2n) is 3.99. The van der Waals surface area contributed by atoms with Gasteiger partial charge in [-0.2, -0.15) is 0 Å². The molecule has 0 spiro atoms. The Balaban J connectivity index is 2.59. The van der Waals surface area contributed by atoms with E-state index in [-0.39, 0.29) is 0 Å². The van der Waals surface area contributed by atoms with Crippen LogP contribution in [0, 0.1) is 0 Å². The zero-order chi connectivity index (χ0) is 12.0. The van der Waals surface area contributed by atoms with Crippen LogP contribution in [-0.4, -0.2) is 31.2 Å². The van der Waals surface area contributed by atoms with Crippen LogP contribution in [0.1, 0.15) is 19.4 Å². The highest BCUT2D eigenvalue weighted by atomic mass is 79.9. The van der Waals surface area contributed by atoms with Crippen LogP contribution in [-0.2, 0) is 11.3 Å². The number of halogens is 1. The van der Waals surface area contributed by atoms with Gasteiger partial charge in [-0.15, -0.1) is 0 Å². The number of benzene rings is 1. The van der Waals surface area contributed by atoms with Gasteiger partial charge in [-0.05, 0) is 31.2 Å². The molecule has 0 aliphatic rings. The normalized spacial score (nSPS) is 13.1. The van der Waals surface area contributed by atoms with E-state index < -0.39 is 0 Å². The fourth-order valence-corrected chi connectivity index (χ4v) is 2.01. The van der Waals surface area contributed by atoms with Crippen LogP contribution in [0.3, 0.4) is 0 Å². The second kappa shape index (κ2) is 7.05. The van der Waals surface area contributed by atoms with Crippen molar-refractivity contribution in [3.05, 3.63) is 34.3 Å². The molecule has 3 heteroatoms. The summed E-state index contributed by atoms with van der Waals surface area (Å²) >= 11 is 3.45. The molecule has 0 aromatic heterocycles. The molecule has 1 aromatic carbocycles. The molecule has 2 nitrogen and oxygen atoms in total. The van der Waals surface area contributed by atoms with Gasteiger partial charge in [0.15, 0.2) is 0 Å². The summed E-state index contributed by atoms with van der Waals surface area (Å²) in [5, 5.41) is 0. The van der Waals surface area contributed by atoms with Gasteiger partial charge in [-0.25, -0.2) is 0 Å². The maximum atomic E-state index is 5.19. The van der Waals surface area contributed by atoms with Gasteiger partial charge in [0.25, 0.3) is 0 Å². The van der Waals surface area contributed by atoms with E-state index in [4.69, 9.17) is 4.74 Å². The summed E-state index contributed by atoms with van der Waals surface area (Å²) in [6.07, 6.45) is 0. The summed E-state index contributed by atoms with van der Waals surface area (Å²) in [5.74, 6) is 0. The minimum absolute atomic E-state index is 0.457. The number of hydrogen-bond donors (Lipinski definition) is 0. The van der Waals surface area contributed by atoms with Crippen molar-refractivity contribution < 1.29 is 4.74 Å². The minimum atomic E-state index is 0.457. The Hall–Kier alpha value is -0.380. The van der Waals surface area contributed by atoms with Gasteiger partial charge >= 0.3 is 0 Å². The summed E-state index contributed by atoms with van der Waals surface area (Å²) in [7, 11) is 1.75. The van der Waals surface area contributed by atoms with E-state index >= 15 is 0 Å². The van der Waals surface area contributed by atoms with Crippen LogP contribution in [0.25, 0.3) is 0 Å². The number of likely N-dealkylation sites (N-methyl/N-ethyl adjacent to an activating group) is 1. The van der Waals surface area contributed by atoms with Crippen LogP contribution in [0.5, 0.6) is 0 Å². The first-order valence-corrected chi connectivity index (χ1v) is 6.44. The summed E-state index contributed by atoms with van der Waals surface area (Å²) in [6, 6.07) is 8.95. The first-order valence-electron chi connectivity index (χ1n) is 5.64. The second-order valence-corrected chi connectivity index (χ2v) is 4.91. The van der Waals surface area contributed by atoms with Crippen molar-refractivity contribution in [1.29, 1.82) is 0 Å². The lowest BCUT2D eigenvalue weighted by Crippen LogP contribution is -2.35. The topological polar surface area (TPSA) is 12.5 Å². The summed E-state index contributed by atoms with van der Waals surface area (Å²) in [4.78, 5) is 2.41. The predicted octanol–water partition coefficient (Wildman–Crippen LogP) is 3.31. The maximum absolute atomic E-state index is 5.19. The van der Waals surface area contributed by atoms with Crippen LogP contribution >= 0.6 is 15.9 Å². The Morgan fingerprint density at radius 1 is 1.31 bits per heavy atom. The molecule has 0 aliphatic carbocycles. The van der Waals surface area contributed by atoms with Crippen molar-refractivity contribution in [2.24, 2.45) is 0 Å². The highest BCUT2D eigenvalue weighted by molar-refractivity contribution is 9.10. The third kappa shape index (κ3) is 4.24. The third-order valence-corrected chi connectivity index (χ3v) is 3.26. The van der Waals surface area contributed by atoms with Crippen LogP contribution in [0.4, 0.5) is 0 Å². The molecule has 1 aromatic rings. The van der Waals surface area contributed by atoms with Gasteiger partial charge in [0.1, 0.15) is 0 Å². The number of rotatable bonds is 6. The molecule has 0 bridgehead atoms. The highest BCUT2D eigenvalue weighted by Gasteiger charge is 2.11. The third-order valence-electron chi connectivity index (χ3n) is 2.74. The van der Waals surface area contributed by atoms with E-state index in [0.29, 0.717) is 6.04 Å². The molecule has 0 aliphatic heterocycles. The first kappa shape index (κ1) is 13.7. The molecule has 0 saturated heterocycles. The fourth-order valence-electron chi connectivity index (χ4n) is 1.75. The van der Waals surface area contributed by atoms with Gasteiger partial charge in [0, 0.05) is 24.2 Å². The average molecular weight is 286 g/mol. The Bertz CT molecular complexity index is 299.